The van der Waals surface area contributed by atoms with Gasteiger partial charge in [0.1, 0.15) is 17.3 Å². The quantitative estimate of drug-likeness (QED) is 0.189. The Morgan fingerprint density at radius 3 is 2.44 bits per heavy atom. The number of halogens is 1. The van der Waals surface area contributed by atoms with Crippen LogP contribution in [0.25, 0.3) is 5.76 Å². The summed E-state index contributed by atoms with van der Waals surface area (Å²) >= 11 is 5.97. The van der Waals surface area contributed by atoms with Crippen LogP contribution < -0.4 is 9.64 Å². The molecule has 7 nitrogen and oxygen atoms in total. The van der Waals surface area contributed by atoms with E-state index in [1.807, 2.05) is 0 Å². The molecule has 3 aromatic rings. The van der Waals surface area contributed by atoms with Crippen molar-refractivity contribution in [3.05, 3.63) is 82.1 Å². The highest BCUT2D eigenvalue weighted by molar-refractivity contribution is 6.51. The third kappa shape index (κ3) is 4.70. The first-order valence-corrected chi connectivity index (χ1v) is 11.5. The number of carbonyl (C=O) groups is 2. The number of aliphatic hydroxyl groups excluding tert-OH is 1. The number of hydrogen-bond donors (Lipinski definition) is 1. The lowest BCUT2D eigenvalue weighted by Crippen LogP contribution is -2.29. The first-order valence-electron chi connectivity index (χ1n) is 11.1. The monoisotopic (exact) mass is 480 g/mol. The van der Waals surface area contributed by atoms with Crippen LogP contribution in [0.2, 0.25) is 5.02 Å². The Labute approximate surface area is 202 Å². The Kier molecular flexibility index (Phi) is 7.03. The number of ether oxygens (including phenoxy) is 1. The summed E-state index contributed by atoms with van der Waals surface area (Å²) in [5.41, 5.74) is 0.959. The van der Waals surface area contributed by atoms with Gasteiger partial charge in [-0.1, -0.05) is 48.7 Å². The minimum absolute atomic E-state index is 0.0374. The molecule has 1 atom stereocenters. The largest absolute Gasteiger partial charge is 0.507 e. The van der Waals surface area contributed by atoms with E-state index < -0.39 is 17.7 Å². The first kappa shape index (κ1) is 23.6. The van der Waals surface area contributed by atoms with Crippen LogP contribution in [0, 0.1) is 6.92 Å². The number of aromatic nitrogens is 1. The van der Waals surface area contributed by atoms with Gasteiger partial charge in [0.15, 0.2) is 5.82 Å². The lowest BCUT2D eigenvalue weighted by Gasteiger charge is -2.23. The number of aliphatic hydroxyl groups is 1. The molecule has 1 saturated heterocycles. The molecule has 0 spiro atoms. The second kappa shape index (κ2) is 10.1. The summed E-state index contributed by atoms with van der Waals surface area (Å²) < 4.78 is 10.9. The van der Waals surface area contributed by atoms with Crippen LogP contribution in [0.15, 0.2) is 64.7 Å². The topological polar surface area (TPSA) is 92.9 Å². The number of Topliss-reactive ketones (excluding diaryl/α,β-unsaturated/α-hetero) is 1. The number of ketones is 1. The number of anilines is 1. The minimum atomic E-state index is -0.894. The third-order valence-electron chi connectivity index (χ3n) is 5.64. The zero-order valence-electron chi connectivity index (χ0n) is 19.0. The molecule has 1 aromatic heterocycles. The van der Waals surface area contributed by atoms with Gasteiger partial charge in [0.05, 0.1) is 18.2 Å². The molecule has 2 heterocycles. The number of rotatable bonds is 8. The Hall–Kier alpha value is -3.58. The molecule has 4 rings (SSSR count). The van der Waals surface area contributed by atoms with Crippen molar-refractivity contribution in [3.63, 3.8) is 0 Å². The maximum atomic E-state index is 13.1. The van der Waals surface area contributed by atoms with Gasteiger partial charge in [-0.2, -0.15) is 0 Å². The molecular formula is C26H25ClN2O5. The van der Waals surface area contributed by atoms with Crippen LogP contribution in [-0.2, 0) is 9.59 Å². The van der Waals surface area contributed by atoms with Gasteiger partial charge in [-0.25, -0.2) is 0 Å². The summed E-state index contributed by atoms with van der Waals surface area (Å²) in [5, 5.41) is 15.5. The molecule has 2 aromatic carbocycles. The van der Waals surface area contributed by atoms with Crippen LogP contribution >= 0.6 is 11.6 Å². The molecule has 1 aliphatic heterocycles. The normalized spacial score (nSPS) is 17.4. The number of amides is 1. The highest BCUT2D eigenvalue weighted by atomic mass is 35.5. The van der Waals surface area contributed by atoms with Gasteiger partial charge >= 0.3 is 5.91 Å². The van der Waals surface area contributed by atoms with Crippen LogP contribution in [0.1, 0.15) is 49.1 Å². The number of carbonyl (C=O) groups excluding carboxylic acids is 2. The average Bonchev–Trinajstić information content (AvgIpc) is 3.37. The molecule has 0 saturated carbocycles. The minimum Gasteiger partial charge on any atom is -0.507 e. The van der Waals surface area contributed by atoms with Crippen molar-refractivity contribution in [2.24, 2.45) is 0 Å². The molecule has 0 aliphatic carbocycles. The molecule has 0 unspecified atom stereocenters. The molecule has 1 aliphatic rings. The third-order valence-corrected chi connectivity index (χ3v) is 5.89. The van der Waals surface area contributed by atoms with Gasteiger partial charge in [-0.15, -0.1) is 0 Å². The van der Waals surface area contributed by atoms with Crippen LogP contribution in [0.3, 0.4) is 0 Å². The van der Waals surface area contributed by atoms with E-state index in [0.29, 0.717) is 34.3 Å². The number of aryl methyl sites for hydroxylation is 1. The SMILES string of the molecule is CCCCCOc1ccc([C@H]2/C(=C(\O)c3ccc(Cl)cc3)C(=O)C(=O)N2c2cc(C)on2)cc1. The van der Waals surface area contributed by atoms with Gasteiger partial charge in [0.25, 0.3) is 5.78 Å². The Bertz CT molecular complexity index is 1210. The van der Waals surface area contributed by atoms with Crippen LogP contribution in [0.4, 0.5) is 5.82 Å². The number of benzene rings is 2. The highest BCUT2D eigenvalue weighted by Gasteiger charge is 2.48. The summed E-state index contributed by atoms with van der Waals surface area (Å²) in [4.78, 5) is 27.4. The predicted molar refractivity (Wildman–Crippen MR) is 129 cm³/mol. The smallest absolute Gasteiger partial charge is 0.301 e. The van der Waals surface area contributed by atoms with Crippen LogP contribution in [-0.4, -0.2) is 28.6 Å². The predicted octanol–water partition coefficient (Wildman–Crippen LogP) is 5.83. The number of unbranched alkanes of at least 4 members (excludes halogenated alkanes) is 2. The number of hydrogen-bond acceptors (Lipinski definition) is 6. The Morgan fingerprint density at radius 2 is 1.82 bits per heavy atom. The summed E-state index contributed by atoms with van der Waals surface area (Å²) in [6.45, 7) is 4.44. The molecule has 0 bridgehead atoms. The lowest BCUT2D eigenvalue weighted by atomic mass is 9.95. The molecule has 1 fully saturated rings. The van der Waals surface area contributed by atoms with Gasteiger partial charge in [-0.05, 0) is 55.3 Å². The molecule has 34 heavy (non-hydrogen) atoms. The summed E-state index contributed by atoms with van der Waals surface area (Å²) in [6.07, 6.45) is 3.16. The maximum absolute atomic E-state index is 13.1. The van der Waals surface area contributed by atoms with Gasteiger partial charge in [-0.3, -0.25) is 14.5 Å². The van der Waals surface area contributed by atoms with Gasteiger partial charge in [0.2, 0.25) is 0 Å². The molecule has 1 N–H and O–H groups in total. The number of nitrogens with zero attached hydrogens (tertiary/aromatic N) is 2. The van der Waals surface area contributed by atoms with E-state index in [1.165, 1.54) is 4.90 Å². The average molecular weight is 481 g/mol. The van der Waals surface area contributed by atoms with E-state index in [2.05, 4.69) is 12.1 Å². The fourth-order valence-electron chi connectivity index (χ4n) is 3.90. The van der Waals surface area contributed by atoms with Crippen molar-refractivity contribution in [1.82, 2.24) is 5.16 Å². The lowest BCUT2D eigenvalue weighted by molar-refractivity contribution is -0.132. The summed E-state index contributed by atoms with van der Waals surface area (Å²) in [6, 6.07) is 14.2. The standard InChI is InChI=1S/C26H25ClN2O5/c1-3-4-5-14-33-20-12-8-17(9-13-20)23-22(24(30)18-6-10-19(27)11-7-18)25(31)26(32)29(23)21-15-16(2)34-28-21/h6-13,15,23,30H,3-5,14H2,1-2H3/b24-22+/t23-/m0/s1. The highest BCUT2D eigenvalue weighted by Crippen LogP contribution is 2.42. The van der Waals surface area contributed by atoms with Crippen molar-refractivity contribution in [2.75, 3.05) is 11.5 Å². The van der Waals surface area contributed by atoms with E-state index in [1.54, 1.807) is 61.5 Å². The second-order valence-electron chi connectivity index (χ2n) is 8.10. The zero-order valence-corrected chi connectivity index (χ0v) is 19.7. The van der Waals surface area contributed by atoms with Crippen molar-refractivity contribution < 1.29 is 24.0 Å². The van der Waals surface area contributed by atoms with Crippen molar-refractivity contribution in [1.29, 1.82) is 0 Å². The van der Waals surface area contributed by atoms with E-state index in [9.17, 15) is 14.7 Å². The molecular weight excluding hydrogens is 456 g/mol. The Morgan fingerprint density at radius 1 is 1.12 bits per heavy atom. The van der Waals surface area contributed by atoms with E-state index in [0.717, 1.165) is 19.3 Å². The maximum Gasteiger partial charge on any atom is 0.301 e. The fourth-order valence-corrected chi connectivity index (χ4v) is 4.03. The Balaban J connectivity index is 1.76. The van der Waals surface area contributed by atoms with E-state index in [-0.39, 0.29) is 17.2 Å². The molecule has 8 heteroatoms. The molecule has 1 amide bonds. The van der Waals surface area contributed by atoms with Crippen LogP contribution in [0.5, 0.6) is 5.75 Å². The molecule has 0 radical (unpaired) electrons. The van der Waals surface area contributed by atoms with Crippen molar-refractivity contribution in [2.45, 2.75) is 39.2 Å². The van der Waals surface area contributed by atoms with E-state index in [4.69, 9.17) is 20.9 Å². The molecule has 176 valence electrons. The van der Waals surface area contributed by atoms with Gasteiger partial charge in [0, 0.05) is 16.7 Å². The summed E-state index contributed by atoms with van der Waals surface area (Å²) in [5.74, 6) is -0.523. The van der Waals surface area contributed by atoms with Crippen molar-refractivity contribution in [3.8, 4) is 5.75 Å². The van der Waals surface area contributed by atoms with Gasteiger partial charge < -0.3 is 14.4 Å². The van der Waals surface area contributed by atoms with Crippen molar-refractivity contribution >= 4 is 34.9 Å². The summed E-state index contributed by atoms with van der Waals surface area (Å²) in [7, 11) is 0. The van der Waals surface area contributed by atoms with E-state index >= 15 is 0 Å². The zero-order chi connectivity index (χ0) is 24.2. The first-order chi connectivity index (χ1) is 16.4. The fraction of sp³-hybridized carbons (Fsp3) is 0.269. The second-order valence-corrected chi connectivity index (χ2v) is 8.53.